The lowest BCUT2D eigenvalue weighted by molar-refractivity contribution is 0.292. The zero-order valence-electron chi connectivity index (χ0n) is 8.25. The molecule has 1 aromatic rings. The van der Waals surface area contributed by atoms with Crippen molar-refractivity contribution in [1.82, 2.24) is 0 Å². The number of nitriles is 1. The number of nitrogens with zero attached hydrogens (tertiary/aromatic N) is 1. The van der Waals surface area contributed by atoms with Crippen molar-refractivity contribution >= 4 is 5.69 Å². The summed E-state index contributed by atoms with van der Waals surface area (Å²) in [5.41, 5.74) is 2.57. The van der Waals surface area contributed by atoms with Gasteiger partial charge in [0.05, 0.1) is 11.3 Å². The maximum atomic E-state index is 8.86. The minimum atomic E-state index is 0.167. The molecule has 0 aliphatic rings. The molecule has 0 saturated carbocycles. The van der Waals surface area contributed by atoms with E-state index in [1.54, 1.807) is 0 Å². The van der Waals surface area contributed by atoms with Crippen molar-refractivity contribution < 1.29 is 5.11 Å². The van der Waals surface area contributed by atoms with E-state index in [4.69, 9.17) is 10.4 Å². The van der Waals surface area contributed by atoms with Crippen LogP contribution >= 0.6 is 0 Å². The molecule has 1 rings (SSSR count). The van der Waals surface area contributed by atoms with Crippen LogP contribution in [0.5, 0.6) is 0 Å². The fraction of sp³-hybridized carbons (Fsp3) is 0.364. The number of anilines is 1. The van der Waals surface area contributed by atoms with E-state index in [0.717, 1.165) is 11.3 Å². The molecule has 2 N–H and O–H groups in total. The molecular formula is C11H14N2O. The minimum Gasteiger partial charge on any atom is -0.396 e. The van der Waals surface area contributed by atoms with Crippen molar-refractivity contribution in [2.75, 3.05) is 18.5 Å². The summed E-state index contributed by atoms with van der Waals surface area (Å²) in [7, 11) is 0. The van der Waals surface area contributed by atoms with Crippen LogP contribution < -0.4 is 5.32 Å². The van der Waals surface area contributed by atoms with Gasteiger partial charge in [-0.15, -0.1) is 0 Å². The third-order valence-corrected chi connectivity index (χ3v) is 1.95. The van der Waals surface area contributed by atoms with E-state index in [0.29, 0.717) is 18.5 Å². The summed E-state index contributed by atoms with van der Waals surface area (Å²) < 4.78 is 0. The molecule has 0 aliphatic heterocycles. The van der Waals surface area contributed by atoms with Gasteiger partial charge >= 0.3 is 0 Å². The van der Waals surface area contributed by atoms with Crippen molar-refractivity contribution in [3.8, 4) is 6.07 Å². The first-order valence-corrected chi connectivity index (χ1v) is 4.63. The van der Waals surface area contributed by atoms with Crippen LogP contribution in [0.4, 0.5) is 5.69 Å². The molecule has 0 unspecified atom stereocenters. The van der Waals surface area contributed by atoms with Crippen LogP contribution in [-0.2, 0) is 0 Å². The van der Waals surface area contributed by atoms with Gasteiger partial charge in [-0.3, -0.25) is 0 Å². The molecule has 0 radical (unpaired) electrons. The summed E-state index contributed by atoms with van der Waals surface area (Å²) in [6, 6.07) is 7.84. The van der Waals surface area contributed by atoms with Gasteiger partial charge < -0.3 is 10.4 Å². The quantitative estimate of drug-likeness (QED) is 0.710. The van der Waals surface area contributed by atoms with Crippen molar-refractivity contribution in [3.63, 3.8) is 0 Å². The van der Waals surface area contributed by atoms with E-state index >= 15 is 0 Å². The average molecular weight is 190 g/mol. The Morgan fingerprint density at radius 1 is 1.50 bits per heavy atom. The molecule has 1 aromatic carbocycles. The number of aryl methyl sites for hydroxylation is 1. The fourth-order valence-corrected chi connectivity index (χ4v) is 1.21. The predicted molar refractivity (Wildman–Crippen MR) is 56.1 cm³/mol. The number of aliphatic hydroxyl groups is 1. The van der Waals surface area contributed by atoms with E-state index in [2.05, 4.69) is 11.4 Å². The molecule has 0 atom stereocenters. The van der Waals surface area contributed by atoms with Crippen molar-refractivity contribution in [1.29, 1.82) is 5.26 Å². The highest BCUT2D eigenvalue weighted by molar-refractivity contribution is 5.58. The van der Waals surface area contributed by atoms with Gasteiger partial charge in [-0.25, -0.2) is 0 Å². The van der Waals surface area contributed by atoms with Gasteiger partial charge in [0, 0.05) is 13.2 Å². The molecule has 0 saturated heterocycles. The Labute approximate surface area is 84.0 Å². The number of benzene rings is 1. The summed E-state index contributed by atoms with van der Waals surface area (Å²) in [6.45, 7) is 2.81. The smallest absolute Gasteiger partial charge is 0.101 e. The summed E-state index contributed by atoms with van der Waals surface area (Å²) in [5, 5.41) is 20.6. The number of rotatable bonds is 4. The second kappa shape index (κ2) is 5.25. The Kier molecular flexibility index (Phi) is 3.96. The molecule has 0 fully saturated rings. The normalized spacial score (nSPS) is 9.50. The molecule has 74 valence electrons. The van der Waals surface area contributed by atoms with Gasteiger partial charge in [0.2, 0.25) is 0 Å². The first-order chi connectivity index (χ1) is 6.77. The van der Waals surface area contributed by atoms with Crippen molar-refractivity contribution in [2.24, 2.45) is 0 Å². The van der Waals surface area contributed by atoms with E-state index in [-0.39, 0.29) is 6.61 Å². The zero-order chi connectivity index (χ0) is 10.4. The van der Waals surface area contributed by atoms with E-state index in [9.17, 15) is 0 Å². The van der Waals surface area contributed by atoms with Crippen LogP contribution in [0.1, 0.15) is 17.5 Å². The number of nitrogens with one attached hydrogen (secondary N) is 1. The summed E-state index contributed by atoms with van der Waals surface area (Å²) in [6.07, 6.45) is 0.693. The first-order valence-electron chi connectivity index (χ1n) is 4.63. The summed E-state index contributed by atoms with van der Waals surface area (Å²) >= 11 is 0. The number of aliphatic hydroxyl groups excluding tert-OH is 1. The third kappa shape index (κ3) is 2.75. The highest BCUT2D eigenvalue weighted by Crippen LogP contribution is 2.15. The lowest BCUT2D eigenvalue weighted by Gasteiger charge is -2.07. The van der Waals surface area contributed by atoms with Gasteiger partial charge in [0.25, 0.3) is 0 Å². The molecule has 3 nitrogen and oxygen atoms in total. The highest BCUT2D eigenvalue weighted by atomic mass is 16.3. The molecule has 14 heavy (non-hydrogen) atoms. The Morgan fingerprint density at radius 3 is 2.93 bits per heavy atom. The molecule has 0 aromatic heterocycles. The van der Waals surface area contributed by atoms with Crippen LogP contribution in [0, 0.1) is 18.3 Å². The second-order valence-electron chi connectivity index (χ2n) is 3.16. The Bertz CT molecular complexity index is 342. The van der Waals surface area contributed by atoms with Crippen molar-refractivity contribution in [2.45, 2.75) is 13.3 Å². The maximum Gasteiger partial charge on any atom is 0.101 e. The van der Waals surface area contributed by atoms with Gasteiger partial charge in [-0.1, -0.05) is 6.07 Å². The number of hydrogen-bond acceptors (Lipinski definition) is 3. The fourth-order valence-electron chi connectivity index (χ4n) is 1.21. The average Bonchev–Trinajstić information content (AvgIpc) is 2.20. The summed E-state index contributed by atoms with van der Waals surface area (Å²) in [4.78, 5) is 0. The Morgan fingerprint density at radius 2 is 2.29 bits per heavy atom. The SMILES string of the molecule is Cc1ccc(NCCCO)c(C#N)c1. The van der Waals surface area contributed by atoms with Crippen LogP contribution in [-0.4, -0.2) is 18.3 Å². The van der Waals surface area contributed by atoms with Gasteiger partial charge in [-0.2, -0.15) is 5.26 Å². The van der Waals surface area contributed by atoms with Crippen LogP contribution in [0.2, 0.25) is 0 Å². The summed E-state index contributed by atoms with van der Waals surface area (Å²) in [5.74, 6) is 0. The van der Waals surface area contributed by atoms with Gasteiger partial charge in [-0.05, 0) is 31.0 Å². The topological polar surface area (TPSA) is 56.0 Å². The third-order valence-electron chi connectivity index (χ3n) is 1.95. The van der Waals surface area contributed by atoms with Crippen LogP contribution in [0.3, 0.4) is 0 Å². The zero-order valence-corrected chi connectivity index (χ0v) is 8.25. The van der Waals surface area contributed by atoms with Crippen molar-refractivity contribution in [3.05, 3.63) is 29.3 Å². The Balaban J connectivity index is 2.72. The molecule has 0 amide bonds. The second-order valence-corrected chi connectivity index (χ2v) is 3.16. The van der Waals surface area contributed by atoms with Crippen LogP contribution in [0.25, 0.3) is 0 Å². The van der Waals surface area contributed by atoms with Gasteiger partial charge in [0.1, 0.15) is 6.07 Å². The highest BCUT2D eigenvalue weighted by Gasteiger charge is 2.00. The lowest BCUT2D eigenvalue weighted by Crippen LogP contribution is -2.04. The van der Waals surface area contributed by atoms with E-state index in [1.165, 1.54) is 0 Å². The van der Waals surface area contributed by atoms with Gasteiger partial charge in [0.15, 0.2) is 0 Å². The molecular weight excluding hydrogens is 176 g/mol. The first kappa shape index (κ1) is 10.6. The molecule has 0 aliphatic carbocycles. The largest absolute Gasteiger partial charge is 0.396 e. The lowest BCUT2D eigenvalue weighted by atomic mass is 10.1. The molecule has 0 bridgehead atoms. The molecule has 0 spiro atoms. The van der Waals surface area contributed by atoms with E-state index < -0.39 is 0 Å². The standard InChI is InChI=1S/C11H14N2O/c1-9-3-4-11(10(7-9)8-12)13-5-2-6-14/h3-4,7,13-14H,2,5-6H2,1H3. The molecule has 3 heteroatoms. The van der Waals surface area contributed by atoms with Crippen LogP contribution in [0.15, 0.2) is 18.2 Å². The maximum absolute atomic E-state index is 8.86. The number of hydrogen-bond donors (Lipinski definition) is 2. The minimum absolute atomic E-state index is 0.167. The predicted octanol–water partition coefficient (Wildman–Crippen LogP) is 1.66. The Hall–Kier alpha value is -1.53. The van der Waals surface area contributed by atoms with E-state index in [1.807, 2.05) is 25.1 Å². The molecule has 0 heterocycles. The monoisotopic (exact) mass is 190 g/mol.